The quantitative estimate of drug-likeness (QED) is 0.908. The lowest BCUT2D eigenvalue weighted by Gasteiger charge is -2.30. The number of nitrogens with two attached hydrogens (primary N) is 1. The molecule has 0 unspecified atom stereocenters. The summed E-state index contributed by atoms with van der Waals surface area (Å²) in [6, 6.07) is 5.48. The van der Waals surface area contributed by atoms with Crippen molar-refractivity contribution in [2.75, 3.05) is 13.1 Å². The van der Waals surface area contributed by atoms with Gasteiger partial charge in [0.25, 0.3) is 5.91 Å². The highest BCUT2D eigenvalue weighted by Crippen LogP contribution is 2.25. The fourth-order valence-electron chi connectivity index (χ4n) is 2.62. The number of fused-ring (bicyclic) bond motifs is 1. The number of carbonyl (C=O) groups is 2. The summed E-state index contributed by atoms with van der Waals surface area (Å²) in [6.45, 7) is 0.993. The molecule has 0 bridgehead atoms. The number of pyridine rings is 1. The number of hydrogen-bond acceptors (Lipinski definition) is 3. The first kappa shape index (κ1) is 13.9. The van der Waals surface area contributed by atoms with Gasteiger partial charge in [-0.15, -0.1) is 0 Å². The van der Waals surface area contributed by atoms with E-state index in [1.165, 1.54) is 0 Å². The number of halogens is 1. The van der Waals surface area contributed by atoms with Crippen LogP contribution in [0, 0.1) is 5.92 Å². The summed E-state index contributed by atoms with van der Waals surface area (Å²) in [6.07, 6.45) is 2.93. The molecule has 2 amide bonds. The number of nitrogens with zero attached hydrogens (tertiary/aromatic N) is 3. The van der Waals surface area contributed by atoms with Crippen LogP contribution >= 0.6 is 11.6 Å². The van der Waals surface area contributed by atoms with E-state index in [-0.39, 0.29) is 23.4 Å². The zero-order valence-electron chi connectivity index (χ0n) is 11.3. The standard InChI is InChI=1S/C14H15ClN4O2/c15-11-10-3-1-2-6-19(10)17-12(11)14(21)18-7-4-9(5-8-18)13(16)20/h1-3,6,9H,4-5,7-8H2,(H2,16,20). The SMILES string of the molecule is NC(=O)C1CCN(C(=O)c2nn3ccccc3c2Cl)CC1. The number of amides is 2. The highest BCUT2D eigenvalue weighted by molar-refractivity contribution is 6.36. The van der Waals surface area contributed by atoms with Crippen molar-refractivity contribution >= 4 is 28.9 Å². The molecule has 0 spiro atoms. The molecule has 7 heteroatoms. The Labute approximate surface area is 126 Å². The van der Waals surface area contributed by atoms with E-state index in [4.69, 9.17) is 17.3 Å². The van der Waals surface area contributed by atoms with Gasteiger partial charge in [0.05, 0.1) is 10.5 Å². The van der Waals surface area contributed by atoms with Crippen molar-refractivity contribution in [3.8, 4) is 0 Å². The largest absolute Gasteiger partial charge is 0.369 e. The van der Waals surface area contributed by atoms with Gasteiger partial charge in [-0.05, 0) is 25.0 Å². The molecule has 21 heavy (non-hydrogen) atoms. The van der Waals surface area contributed by atoms with Gasteiger partial charge in [-0.3, -0.25) is 9.59 Å². The van der Waals surface area contributed by atoms with E-state index in [0.717, 1.165) is 0 Å². The van der Waals surface area contributed by atoms with Crippen molar-refractivity contribution in [2.24, 2.45) is 11.7 Å². The Hall–Kier alpha value is -2.08. The maximum Gasteiger partial charge on any atom is 0.275 e. The van der Waals surface area contributed by atoms with Crippen LogP contribution in [0.2, 0.25) is 5.02 Å². The lowest BCUT2D eigenvalue weighted by atomic mass is 9.96. The minimum atomic E-state index is -0.298. The molecule has 110 valence electrons. The molecular weight excluding hydrogens is 292 g/mol. The van der Waals surface area contributed by atoms with Crippen molar-refractivity contribution in [1.29, 1.82) is 0 Å². The van der Waals surface area contributed by atoms with Crippen LogP contribution in [0.1, 0.15) is 23.3 Å². The molecule has 0 saturated carbocycles. The topological polar surface area (TPSA) is 80.7 Å². The lowest BCUT2D eigenvalue weighted by Crippen LogP contribution is -2.42. The van der Waals surface area contributed by atoms with Gasteiger partial charge in [-0.1, -0.05) is 17.7 Å². The molecule has 0 radical (unpaired) electrons. The van der Waals surface area contributed by atoms with E-state index < -0.39 is 0 Å². The van der Waals surface area contributed by atoms with Gasteiger partial charge in [0, 0.05) is 25.2 Å². The van der Waals surface area contributed by atoms with Crippen LogP contribution in [0.3, 0.4) is 0 Å². The molecule has 1 saturated heterocycles. The molecule has 0 atom stereocenters. The van der Waals surface area contributed by atoms with Gasteiger partial charge in [-0.2, -0.15) is 5.10 Å². The first-order valence-electron chi connectivity index (χ1n) is 6.79. The first-order valence-corrected chi connectivity index (χ1v) is 7.17. The summed E-state index contributed by atoms with van der Waals surface area (Å²) in [7, 11) is 0. The van der Waals surface area contributed by atoms with Gasteiger partial charge in [0.15, 0.2) is 5.69 Å². The molecule has 2 aromatic heterocycles. The summed E-state index contributed by atoms with van der Waals surface area (Å²) in [5, 5.41) is 4.60. The van der Waals surface area contributed by atoms with Crippen molar-refractivity contribution < 1.29 is 9.59 Å². The smallest absolute Gasteiger partial charge is 0.275 e. The predicted octanol–water partition coefficient (Wildman–Crippen LogP) is 1.33. The molecule has 1 fully saturated rings. The Kier molecular flexibility index (Phi) is 3.55. The molecule has 1 aliphatic heterocycles. The van der Waals surface area contributed by atoms with Gasteiger partial charge in [0.1, 0.15) is 0 Å². The Bertz CT molecular complexity index is 704. The van der Waals surface area contributed by atoms with Crippen LogP contribution in [0.5, 0.6) is 0 Å². The van der Waals surface area contributed by atoms with Gasteiger partial charge >= 0.3 is 0 Å². The zero-order valence-corrected chi connectivity index (χ0v) is 12.1. The maximum absolute atomic E-state index is 12.5. The minimum absolute atomic E-state index is 0.148. The minimum Gasteiger partial charge on any atom is -0.369 e. The number of carbonyl (C=O) groups excluding carboxylic acids is 2. The second kappa shape index (κ2) is 5.37. The molecule has 2 N–H and O–H groups in total. The molecule has 0 aromatic carbocycles. The zero-order chi connectivity index (χ0) is 15.0. The lowest BCUT2D eigenvalue weighted by molar-refractivity contribution is -0.123. The Morgan fingerprint density at radius 2 is 2.00 bits per heavy atom. The number of piperidine rings is 1. The van der Waals surface area contributed by atoms with Crippen LogP contribution in [0.4, 0.5) is 0 Å². The van der Waals surface area contributed by atoms with Crippen LogP contribution in [-0.4, -0.2) is 39.4 Å². The number of primary amides is 1. The third-order valence-electron chi connectivity index (χ3n) is 3.87. The molecule has 6 nitrogen and oxygen atoms in total. The average molecular weight is 307 g/mol. The molecule has 1 aliphatic rings. The van der Waals surface area contributed by atoms with E-state index in [0.29, 0.717) is 36.5 Å². The molecule has 2 aromatic rings. The predicted molar refractivity (Wildman–Crippen MR) is 78.0 cm³/mol. The van der Waals surface area contributed by atoms with Crippen molar-refractivity contribution in [1.82, 2.24) is 14.5 Å². The van der Waals surface area contributed by atoms with Gasteiger partial charge in [0.2, 0.25) is 5.91 Å². The number of hydrogen-bond donors (Lipinski definition) is 1. The monoisotopic (exact) mass is 306 g/mol. The van der Waals surface area contributed by atoms with Crippen molar-refractivity contribution in [3.63, 3.8) is 0 Å². The fraction of sp³-hybridized carbons (Fsp3) is 0.357. The fourth-order valence-corrected chi connectivity index (χ4v) is 2.89. The van der Waals surface area contributed by atoms with Gasteiger partial charge < -0.3 is 10.6 Å². The maximum atomic E-state index is 12.5. The third kappa shape index (κ3) is 2.47. The summed E-state index contributed by atoms with van der Waals surface area (Å²) in [4.78, 5) is 25.3. The molecule has 0 aliphatic carbocycles. The van der Waals surface area contributed by atoms with E-state index in [9.17, 15) is 9.59 Å². The van der Waals surface area contributed by atoms with E-state index in [1.807, 2.05) is 18.2 Å². The van der Waals surface area contributed by atoms with Crippen LogP contribution in [0.15, 0.2) is 24.4 Å². The molecule has 3 heterocycles. The van der Waals surface area contributed by atoms with Crippen molar-refractivity contribution in [3.05, 3.63) is 35.1 Å². The number of likely N-dealkylation sites (tertiary alicyclic amines) is 1. The number of aromatic nitrogens is 2. The number of rotatable bonds is 2. The van der Waals surface area contributed by atoms with Crippen LogP contribution in [0.25, 0.3) is 5.52 Å². The second-order valence-electron chi connectivity index (χ2n) is 5.16. The second-order valence-corrected chi connectivity index (χ2v) is 5.54. The van der Waals surface area contributed by atoms with E-state index in [1.54, 1.807) is 15.6 Å². The van der Waals surface area contributed by atoms with Gasteiger partial charge in [-0.25, -0.2) is 4.52 Å². The van der Waals surface area contributed by atoms with Crippen molar-refractivity contribution in [2.45, 2.75) is 12.8 Å². The summed E-state index contributed by atoms with van der Waals surface area (Å²) < 4.78 is 1.59. The van der Waals surface area contributed by atoms with Crippen LogP contribution in [-0.2, 0) is 4.79 Å². The summed E-state index contributed by atoms with van der Waals surface area (Å²) in [5.74, 6) is -0.648. The van der Waals surface area contributed by atoms with E-state index in [2.05, 4.69) is 5.10 Å². The Balaban J connectivity index is 1.82. The van der Waals surface area contributed by atoms with Crippen LogP contribution < -0.4 is 5.73 Å². The normalized spacial score (nSPS) is 16.3. The van der Waals surface area contributed by atoms with E-state index >= 15 is 0 Å². The summed E-state index contributed by atoms with van der Waals surface area (Å²) >= 11 is 6.25. The molecular formula is C14H15ClN4O2. The highest BCUT2D eigenvalue weighted by Gasteiger charge is 2.29. The first-order chi connectivity index (χ1) is 10.1. The Morgan fingerprint density at radius 1 is 1.29 bits per heavy atom. The third-order valence-corrected chi connectivity index (χ3v) is 4.24. The summed E-state index contributed by atoms with van der Waals surface area (Å²) in [5.41, 5.74) is 6.25. The Morgan fingerprint density at radius 3 is 2.62 bits per heavy atom. The highest BCUT2D eigenvalue weighted by atomic mass is 35.5. The molecule has 3 rings (SSSR count). The average Bonchev–Trinajstić information content (AvgIpc) is 2.84.